The van der Waals surface area contributed by atoms with E-state index in [0.717, 1.165) is 5.56 Å². The molecule has 0 aliphatic rings. The SMILES string of the molecule is COc1ccc(C)cc1-n1ccc(C(=O)Nc2c(C)cccc2OC(F)F)n1. The summed E-state index contributed by atoms with van der Waals surface area (Å²) in [6.07, 6.45) is 1.63. The molecule has 146 valence electrons. The molecule has 3 aromatic rings. The zero-order valence-corrected chi connectivity index (χ0v) is 15.6. The summed E-state index contributed by atoms with van der Waals surface area (Å²) in [5.74, 6) is -0.0471. The van der Waals surface area contributed by atoms with E-state index in [9.17, 15) is 13.6 Å². The molecule has 0 spiro atoms. The second-order valence-electron chi connectivity index (χ2n) is 6.10. The molecular formula is C20H19F2N3O3. The monoisotopic (exact) mass is 387 g/mol. The number of ether oxygens (including phenoxy) is 2. The molecule has 0 saturated carbocycles. The highest BCUT2D eigenvalue weighted by Crippen LogP contribution is 2.30. The van der Waals surface area contributed by atoms with Gasteiger partial charge in [-0.25, -0.2) is 4.68 Å². The van der Waals surface area contributed by atoms with Gasteiger partial charge in [0, 0.05) is 6.20 Å². The second kappa shape index (κ2) is 8.08. The number of methoxy groups -OCH3 is 1. The molecule has 0 atom stereocenters. The maximum absolute atomic E-state index is 12.6. The summed E-state index contributed by atoms with van der Waals surface area (Å²) in [5, 5.41) is 6.88. The first-order chi connectivity index (χ1) is 13.4. The normalized spacial score (nSPS) is 10.8. The first kappa shape index (κ1) is 19.3. The quantitative estimate of drug-likeness (QED) is 0.683. The van der Waals surface area contributed by atoms with Crippen molar-refractivity contribution < 1.29 is 23.0 Å². The number of anilines is 1. The zero-order chi connectivity index (χ0) is 20.3. The fourth-order valence-corrected chi connectivity index (χ4v) is 2.73. The van der Waals surface area contributed by atoms with Crippen LogP contribution in [0.4, 0.5) is 14.5 Å². The van der Waals surface area contributed by atoms with Crippen molar-refractivity contribution in [2.45, 2.75) is 20.5 Å². The average Bonchev–Trinajstić information content (AvgIpc) is 3.14. The van der Waals surface area contributed by atoms with E-state index in [2.05, 4.69) is 15.2 Å². The minimum atomic E-state index is -2.99. The Morgan fingerprint density at radius 2 is 1.93 bits per heavy atom. The number of aromatic nitrogens is 2. The lowest BCUT2D eigenvalue weighted by Crippen LogP contribution is -2.16. The van der Waals surface area contributed by atoms with Crippen LogP contribution in [0.15, 0.2) is 48.7 Å². The van der Waals surface area contributed by atoms with Crippen LogP contribution in [0, 0.1) is 13.8 Å². The summed E-state index contributed by atoms with van der Waals surface area (Å²) in [6.45, 7) is 0.623. The third-order valence-corrected chi connectivity index (χ3v) is 4.09. The minimum Gasteiger partial charge on any atom is -0.494 e. The van der Waals surface area contributed by atoms with Gasteiger partial charge in [-0.1, -0.05) is 18.2 Å². The summed E-state index contributed by atoms with van der Waals surface area (Å²) in [7, 11) is 1.55. The Labute approximate surface area is 160 Å². The van der Waals surface area contributed by atoms with Gasteiger partial charge in [0.15, 0.2) is 5.69 Å². The van der Waals surface area contributed by atoms with E-state index in [1.54, 1.807) is 32.4 Å². The van der Waals surface area contributed by atoms with Crippen LogP contribution in [0.5, 0.6) is 11.5 Å². The number of halogens is 2. The van der Waals surface area contributed by atoms with E-state index >= 15 is 0 Å². The smallest absolute Gasteiger partial charge is 0.387 e. The van der Waals surface area contributed by atoms with Crippen molar-refractivity contribution in [2.75, 3.05) is 12.4 Å². The Hall–Kier alpha value is -3.42. The van der Waals surface area contributed by atoms with E-state index in [0.29, 0.717) is 17.0 Å². The van der Waals surface area contributed by atoms with Gasteiger partial charge in [0.2, 0.25) is 0 Å². The third kappa shape index (κ3) is 4.11. The maximum Gasteiger partial charge on any atom is 0.387 e. The molecule has 0 bridgehead atoms. The molecule has 0 aliphatic carbocycles. The number of hydrogen-bond acceptors (Lipinski definition) is 4. The molecule has 28 heavy (non-hydrogen) atoms. The van der Waals surface area contributed by atoms with Gasteiger partial charge in [0.1, 0.15) is 17.2 Å². The van der Waals surface area contributed by atoms with Crippen LogP contribution in [0.25, 0.3) is 5.69 Å². The van der Waals surface area contributed by atoms with E-state index in [4.69, 9.17) is 4.74 Å². The molecule has 0 radical (unpaired) electrons. The number of amides is 1. The fraction of sp³-hybridized carbons (Fsp3) is 0.200. The molecule has 1 N–H and O–H groups in total. The van der Waals surface area contributed by atoms with Crippen LogP contribution >= 0.6 is 0 Å². The highest BCUT2D eigenvalue weighted by Gasteiger charge is 2.17. The number of para-hydroxylation sites is 1. The van der Waals surface area contributed by atoms with Gasteiger partial charge >= 0.3 is 6.61 Å². The maximum atomic E-state index is 12.6. The standard InChI is InChI=1S/C20H19F2N3O3/c1-12-7-8-16(27-3)15(11-12)25-10-9-14(24-25)19(26)23-18-13(2)5-4-6-17(18)28-20(21)22/h4-11,20H,1-3H3,(H,23,26). The van der Waals surface area contributed by atoms with Crippen LogP contribution < -0.4 is 14.8 Å². The van der Waals surface area contributed by atoms with Crippen molar-refractivity contribution in [3.63, 3.8) is 0 Å². The molecule has 0 fully saturated rings. The molecule has 2 aromatic carbocycles. The van der Waals surface area contributed by atoms with Gasteiger partial charge in [-0.05, 0) is 49.2 Å². The number of benzene rings is 2. The first-order valence-corrected chi connectivity index (χ1v) is 8.45. The van der Waals surface area contributed by atoms with Gasteiger partial charge < -0.3 is 14.8 Å². The van der Waals surface area contributed by atoms with Crippen LogP contribution in [0.3, 0.4) is 0 Å². The van der Waals surface area contributed by atoms with Gasteiger partial charge in [-0.3, -0.25) is 4.79 Å². The van der Waals surface area contributed by atoms with Crippen LogP contribution in [0.1, 0.15) is 21.6 Å². The summed E-state index contributed by atoms with van der Waals surface area (Å²) in [4.78, 5) is 12.6. The number of carbonyl (C=O) groups excluding carboxylic acids is 1. The van der Waals surface area contributed by atoms with Crippen LogP contribution in [-0.4, -0.2) is 29.4 Å². The summed E-state index contributed by atoms with van der Waals surface area (Å²) < 4.78 is 36.6. The van der Waals surface area contributed by atoms with Crippen molar-refractivity contribution in [3.05, 3.63) is 65.5 Å². The first-order valence-electron chi connectivity index (χ1n) is 8.45. The number of hydrogen-bond donors (Lipinski definition) is 1. The average molecular weight is 387 g/mol. The molecule has 1 amide bonds. The van der Waals surface area contributed by atoms with Crippen molar-refractivity contribution in [1.82, 2.24) is 9.78 Å². The van der Waals surface area contributed by atoms with Crippen molar-refractivity contribution >= 4 is 11.6 Å². The fourth-order valence-electron chi connectivity index (χ4n) is 2.73. The minimum absolute atomic E-state index is 0.108. The van der Waals surface area contributed by atoms with Crippen LogP contribution in [-0.2, 0) is 0 Å². The lowest BCUT2D eigenvalue weighted by atomic mass is 10.2. The van der Waals surface area contributed by atoms with Crippen molar-refractivity contribution in [3.8, 4) is 17.2 Å². The Morgan fingerprint density at radius 1 is 1.14 bits per heavy atom. The molecular weight excluding hydrogens is 368 g/mol. The summed E-state index contributed by atoms with van der Waals surface area (Å²) in [6, 6.07) is 11.7. The molecule has 0 saturated heterocycles. The van der Waals surface area contributed by atoms with Crippen molar-refractivity contribution in [1.29, 1.82) is 0 Å². The molecule has 6 nitrogen and oxygen atoms in total. The Kier molecular flexibility index (Phi) is 5.58. The van der Waals surface area contributed by atoms with Crippen molar-refractivity contribution in [2.24, 2.45) is 0 Å². The van der Waals surface area contributed by atoms with Gasteiger partial charge in [-0.15, -0.1) is 0 Å². The largest absolute Gasteiger partial charge is 0.494 e. The number of carbonyl (C=O) groups is 1. The Morgan fingerprint density at radius 3 is 2.64 bits per heavy atom. The third-order valence-electron chi connectivity index (χ3n) is 4.09. The molecule has 1 heterocycles. The van der Waals surface area contributed by atoms with Gasteiger partial charge in [0.25, 0.3) is 5.91 Å². The lowest BCUT2D eigenvalue weighted by Gasteiger charge is -2.13. The molecule has 8 heteroatoms. The van der Waals surface area contributed by atoms with Crippen LogP contribution in [0.2, 0.25) is 0 Å². The van der Waals surface area contributed by atoms with E-state index < -0.39 is 12.5 Å². The lowest BCUT2D eigenvalue weighted by molar-refractivity contribution is -0.0493. The van der Waals surface area contributed by atoms with Gasteiger partial charge in [0.05, 0.1) is 12.8 Å². The number of alkyl halides is 2. The highest BCUT2D eigenvalue weighted by atomic mass is 19.3. The predicted molar refractivity (Wildman–Crippen MR) is 101 cm³/mol. The molecule has 1 aromatic heterocycles. The second-order valence-corrected chi connectivity index (χ2v) is 6.10. The topological polar surface area (TPSA) is 65.4 Å². The molecule has 0 unspecified atom stereocenters. The number of aryl methyl sites for hydroxylation is 2. The number of rotatable bonds is 6. The Balaban J connectivity index is 1.88. The zero-order valence-electron chi connectivity index (χ0n) is 15.6. The summed E-state index contributed by atoms with van der Waals surface area (Å²) >= 11 is 0. The van der Waals surface area contributed by atoms with E-state index in [1.807, 2.05) is 25.1 Å². The molecule has 3 rings (SSSR count). The molecule has 0 aliphatic heterocycles. The van der Waals surface area contributed by atoms with E-state index in [1.165, 1.54) is 16.8 Å². The van der Waals surface area contributed by atoms with Gasteiger partial charge in [-0.2, -0.15) is 13.9 Å². The number of nitrogens with one attached hydrogen (secondary N) is 1. The highest BCUT2D eigenvalue weighted by molar-refractivity contribution is 6.04. The summed E-state index contributed by atoms with van der Waals surface area (Å²) in [5.41, 5.74) is 2.57. The Bertz CT molecular complexity index is 1000. The number of nitrogens with zero attached hydrogens (tertiary/aromatic N) is 2. The van der Waals surface area contributed by atoms with E-state index in [-0.39, 0.29) is 17.1 Å². The predicted octanol–water partition coefficient (Wildman–Crippen LogP) is 4.35.